The van der Waals surface area contributed by atoms with Crippen molar-refractivity contribution in [2.75, 3.05) is 12.4 Å². The van der Waals surface area contributed by atoms with E-state index in [9.17, 15) is 9.18 Å². The van der Waals surface area contributed by atoms with E-state index in [0.717, 1.165) is 25.0 Å². The number of ether oxygens (including phenoxy) is 1. The molecule has 2 heterocycles. The fourth-order valence-corrected chi connectivity index (χ4v) is 3.43. The Morgan fingerprint density at radius 1 is 1.17 bits per heavy atom. The third-order valence-electron chi connectivity index (χ3n) is 5.19. The number of primary amides is 1. The SMILES string of the molecule is COc1cccc(C2(Nc3ccc(-c4cc(C(N)=O)ccc4F)nn3)CCC2)n1. The van der Waals surface area contributed by atoms with E-state index in [-0.39, 0.29) is 16.7 Å². The number of methoxy groups -OCH3 is 1. The van der Waals surface area contributed by atoms with Crippen LogP contribution in [0.3, 0.4) is 0 Å². The molecule has 1 fully saturated rings. The number of hydrogen-bond acceptors (Lipinski definition) is 6. The molecule has 0 unspecified atom stereocenters. The van der Waals surface area contributed by atoms with Gasteiger partial charge in [0.2, 0.25) is 11.8 Å². The summed E-state index contributed by atoms with van der Waals surface area (Å²) in [7, 11) is 1.59. The second-order valence-electron chi connectivity index (χ2n) is 6.99. The number of pyridine rings is 1. The predicted octanol–water partition coefficient (Wildman–Crippen LogP) is 3.28. The average molecular weight is 393 g/mol. The summed E-state index contributed by atoms with van der Waals surface area (Å²) >= 11 is 0. The number of anilines is 1. The molecule has 1 aliphatic carbocycles. The maximum absolute atomic E-state index is 14.2. The van der Waals surface area contributed by atoms with Crippen molar-refractivity contribution in [2.45, 2.75) is 24.8 Å². The highest BCUT2D eigenvalue weighted by molar-refractivity contribution is 5.94. The third kappa shape index (κ3) is 3.61. The fraction of sp³-hybridized carbons (Fsp3) is 0.238. The maximum atomic E-state index is 14.2. The number of carbonyl (C=O) groups excluding carboxylic acids is 1. The summed E-state index contributed by atoms with van der Waals surface area (Å²) in [6.07, 6.45) is 2.89. The molecule has 0 atom stereocenters. The highest BCUT2D eigenvalue weighted by Gasteiger charge is 2.40. The van der Waals surface area contributed by atoms with Crippen LogP contribution in [-0.4, -0.2) is 28.2 Å². The Morgan fingerprint density at radius 2 is 2.00 bits per heavy atom. The van der Waals surface area contributed by atoms with Crippen molar-refractivity contribution in [3.8, 4) is 17.1 Å². The van der Waals surface area contributed by atoms with Gasteiger partial charge in [0.05, 0.1) is 24.0 Å². The van der Waals surface area contributed by atoms with Gasteiger partial charge in [0.25, 0.3) is 0 Å². The average Bonchev–Trinajstić information content (AvgIpc) is 2.71. The van der Waals surface area contributed by atoms with Crippen LogP contribution in [0.5, 0.6) is 5.88 Å². The first-order chi connectivity index (χ1) is 14.0. The molecule has 3 aromatic rings. The molecule has 8 heteroatoms. The number of nitrogens with two attached hydrogens (primary N) is 1. The van der Waals surface area contributed by atoms with Crippen LogP contribution in [0, 0.1) is 5.82 Å². The van der Waals surface area contributed by atoms with Crippen LogP contribution >= 0.6 is 0 Å². The highest BCUT2D eigenvalue weighted by atomic mass is 19.1. The topological polar surface area (TPSA) is 103 Å². The third-order valence-corrected chi connectivity index (χ3v) is 5.19. The van der Waals surface area contributed by atoms with Gasteiger partial charge in [0, 0.05) is 17.2 Å². The minimum Gasteiger partial charge on any atom is -0.481 e. The van der Waals surface area contributed by atoms with Crippen molar-refractivity contribution in [2.24, 2.45) is 5.73 Å². The number of rotatable bonds is 6. The van der Waals surface area contributed by atoms with E-state index in [1.807, 2.05) is 12.1 Å². The van der Waals surface area contributed by atoms with Crippen LogP contribution in [0.4, 0.5) is 10.2 Å². The number of amides is 1. The molecule has 7 nitrogen and oxygen atoms in total. The summed E-state index contributed by atoms with van der Waals surface area (Å²) in [5.41, 5.74) is 6.53. The van der Waals surface area contributed by atoms with Crippen molar-refractivity contribution in [1.29, 1.82) is 0 Å². The highest BCUT2D eigenvalue weighted by Crippen LogP contribution is 2.43. The molecular weight excluding hydrogens is 373 g/mol. The lowest BCUT2D eigenvalue weighted by molar-refractivity contribution is 0.100. The minimum atomic E-state index is -0.629. The molecule has 0 saturated heterocycles. The molecule has 3 N–H and O–H groups in total. The Bertz CT molecular complexity index is 1050. The quantitative estimate of drug-likeness (QED) is 0.666. The molecule has 148 valence electrons. The van der Waals surface area contributed by atoms with Gasteiger partial charge in [-0.05, 0) is 55.7 Å². The molecule has 0 aliphatic heterocycles. The lowest BCUT2D eigenvalue weighted by atomic mass is 9.74. The van der Waals surface area contributed by atoms with Gasteiger partial charge < -0.3 is 15.8 Å². The van der Waals surface area contributed by atoms with E-state index in [1.165, 1.54) is 18.2 Å². The van der Waals surface area contributed by atoms with Gasteiger partial charge in [-0.2, -0.15) is 0 Å². The molecule has 1 aliphatic rings. The second-order valence-corrected chi connectivity index (χ2v) is 6.99. The van der Waals surface area contributed by atoms with Crippen LogP contribution in [0.1, 0.15) is 35.3 Å². The van der Waals surface area contributed by atoms with Crippen LogP contribution < -0.4 is 15.8 Å². The number of halogens is 1. The maximum Gasteiger partial charge on any atom is 0.248 e. The number of hydrogen-bond donors (Lipinski definition) is 2. The zero-order valence-electron chi connectivity index (χ0n) is 15.9. The van der Waals surface area contributed by atoms with Crippen LogP contribution in [0.15, 0.2) is 48.5 Å². The van der Waals surface area contributed by atoms with Crippen LogP contribution in [0.2, 0.25) is 0 Å². The first-order valence-corrected chi connectivity index (χ1v) is 9.24. The molecule has 0 bridgehead atoms. The molecular formula is C21H20FN5O2. The molecule has 1 aromatic carbocycles. The first kappa shape index (κ1) is 18.8. The predicted molar refractivity (Wildman–Crippen MR) is 106 cm³/mol. The Kier molecular flexibility index (Phi) is 4.84. The van der Waals surface area contributed by atoms with Crippen molar-refractivity contribution < 1.29 is 13.9 Å². The largest absolute Gasteiger partial charge is 0.481 e. The standard InChI is InChI=1S/C21H20FN5O2/c1-29-19-5-2-4-17(24-19)21(10-3-11-21)25-18-9-8-16(26-27-18)14-12-13(20(23)28)6-7-15(14)22/h2,4-9,12H,3,10-11H2,1H3,(H2,23,28)(H,25,27). The number of benzene rings is 1. The first-order valence-electron chi connectivity index (χ1n) is 9.24. The minimum absolute atomic E-state index is 0.174. The Morgan fingerprint density at radius 3 is 2.62 bits per heavy atom. The lowest BCUT2D eigenvalue weighted by Crippen LogP contribution is -2.43. The Balaban J connectivity index is 1.60. The van der Waals surface area contributed by atoms with Gasteiger partial charge in [0.15, 0.2) is 0 Å². The van der Waals surface area contributed by atoms with Gasteiger partial charge in [-0.15, -0.1) is 10.2 Å². The van der Waals surface area contributed by atoms with E-state index < -0.39 is 11.7 Å². The van der Waals surface area contributed by atoms with E-state index in [2.05, 4.69) is 20.5 Å². The summed E-state index contributed by atoms with van der Waals surface area (Å²) < 4.78 is 19.4. The zero-order valence-corrected chi connectivity index (χ0v) is 15.9. The van der Waals surface area contributed by atoms with Crippen molar-refractivity contribution in [1.82, 2.24) is 15.2 Å². The zero-order chi connectivity index (χ0) is 20.4. The molecule has 0 radical (unpaired) electrons. The summed E-state index contributed by atoms with van der Waals surface area (Å²) in [4.78, 5) is 15.9. The Labute approximate surface area is 167 Å². The molecule has 0 spiro atoms. The normalized spacial score (nSPS) is 14.7. The van der Waals surface area contributed by atoms with Gasteiger partial charge >= 0.3 is 0 Å². The van der Waals surface area contributed by atoms with Crippen LogP contribution in [0.25, 0.3) is 11.3 Å². The van der Waals surface area contributed by atoms with E-state index in [0.29, 0.717) is 17.4 Å². The number of aromatic nitrogens is 3. The van der Waals surface area contributed by atoms with Gasteiger partial charge in [-0.25, -0.2) is 9.37 Å². The molecule has 1 amide bonds. The van der Waals surface area contributed by atoms with Crippen molar-refractivity contribution >= 4 is 11.7 Å². The molecule has 4 rings (SSSR count). The molecule has 29 heavy (non-hydrogen) atoms. The van der Waals surface area contributed by atoms with Gasteiger partial charge in [0.1, 0.15) is 11.6 Å². The summed E-state index contributed by atoms with van der Waals surface area (Å²) in [5.74, 6) is -0.0115. The van der Waals surface area contributed by atoms with Crippen LogP contribution in [-0.2, 0) is 5.54 Å². The van der Waals surface area contributed by atoms with Crippen molar-refractivity contribution in [3.63, 3.8) is 0 Å². The smallest absolute Gasteiger partial charge is 0.248 e. The number of nitrogens with one attached hydrogen (secondary N) is 1. The monoisotopic (exact) mass is 393 g/mol. The summed E-state index contributed by atoms with van der Waals surface area (Å²) in [5, 5.41) is 11.8. The number of carbonyl (C=O) groups is 1. The van der Waals surface area contributed by atoms with Gasteiger partial charge in [-0.3, -0.25) is 4.79 Å². The van der Waals surface area contributed by atoms with Gasteiger partial charge in [-0.1, -0.05) is 6.07 Å². The Hall–Kier alpha value is -3.55. The second kappa shape index (κ2) is 7.46. The summed E-state index contributed by atoms with van der Waals surface area (Å²) in [6, 6.07) is 13.0. The van der Waals surface area contributed by atoms with E-state index >= 15 is 0 Å². The van der Waals surface area contributed by atoms with Crippen molar-refractivity contribution in [3.05, 3.63) is 65.6 Å². The van der Waals surface area contributed by atoms with E-state index in [1.54, 1.807) is 25.3 Å². The lowest BCUT2D eigenvalue weighted by Gasteiger charge is -2.42. The fourth-order valence-electron chi connectivity index (χ4n) is 3.43. The number of nitrogens with zero attached hydrogens (tertiary/aromatic N) is 3. The molecule has 2 aromatic heterocycles. The van der Waals surface area contributed by atoms with E-state index in [4.69, 9.17) is 10.5 Å². The molecule has 1 saturated carbocycles. The summed E-state index contributed by atoms with van der Waals surface area (Å²) in [6.45, 7) is 0.